The fourth-order valence-corrected chi connectivity index (χ4v) is 1.81. The molecule has 6 heteroatoms. The number of aromatic hydroxyl groups is 1. The number of anilines is 1. The Labute approximate surface area is 109 Å². The predicted molar refractivity (Wildman–Crippen MR) is 69.1 cm³/mol. The molecule has 5 nitrogen and oxygen atoms in total. The SMILES string of the molecule is Cc1n[nH]c(C)c1NC(=O)c1cc(O)ccc1Cl. The summed E-state index contributed by atoms with van der Waals surface area (Å²) in [6.45, 7) is 3.59. The molecule has 18 heavy (non-hydrogen) atoms. The molecule has 1 aromatic carbocycles. The van der Waals surface area contributed by atoms with E-state index in [2.05, 4.69) is 15.5 Å². The van der Waals surface area contributed by atoms with E-state index in [4.69, 9.17) is 11.6 Å². The van der Waals surface area contributed by atoms with Gasteiger partial charge in [-0.2, -0.15) is 5.10 Å². The number of aromatic nitrogens is 2. The Morgan fingerprint density at radius 2 is 2.17 bits per heavy atom. The number of carbonyl (C=O) groups excluding carboxylic acids is 1. The first kappa shape index (κ1) is 12.4. The van der Waals surface area contributed by atoms with Crippen molar-refractivity contribution < 1.29 is 9.90 Å². The Hall–Kier alpha value is -2.01. The molecule has 0 aliphatic rings. The summed E-state index contributed by atoms with van der Waals surface area (Å²) in [5.41, 5.74) is 2.30. The van der Waals surface area contributed by atoms with Gasteiger partial charge in [-0.15, -0.1) is 0 Å². The lowest BCUT2D eigenvalue weighted by molar-refractivity contribution is 0.102. The van der Waals surface area contributed by atoms with Crippen molar-refractivity contribution in [1.82, 2.24) is 10.2 Å². The molecule has 0 spiro atoms. The van der Waals surface area contributed by atoms with E-state index in [-0.39, 0.29) is 22.2 Å². The zero-order valence-electron chi connectivity index (χ0n) is 9.91. The van der Waals surface area contributed by atoms with E-state index in [9.17, 15) is 9.90 Å². The van der Waals surface area contributed by atoms with Crippen LogP contribution in [0.25, 0.3) is 0 Å². The Morgan fingerprint density at radius 3 is 2.78 bits per heavy atom. The summed E-state index contributed by atoms with van der Waals surface area (Å²) in [5, 5.41) is 19.1. The maximum absolute atomic E-state index is 12.0. The van der Waals surface area contributed by atoms with Crippen LogP contribution in [0.15, 0.2) is 18.2 Å². The number of amides is 1. The van der Waals surface area contributed by atoms with E-state index in [1.807, 2.05) is 0 Å². The van der Waals surface area contributed by atoms with Crippen LogP contribution in [-0.4, -0.2) is 21.2 Å². The summed E-state index contributed by atoms with van der Waals surface area (Å²) >= 11 is 5.92. The molecule has 0 fully saturated rings. The molecule has 1 amide bonds. The number of H-pyrrole nitrogens is 1. The minimum absolute atomic E-state index is 0.00909. The van der Waals surface area contributed by atoms with Crippen LogP contribution < -0.4 is 5.32 Å². The number of nitrogens with zero attached hydrogens (tertiary/aromatic N) is 1. The van der Waals surface area contributed by atoms with Gasteiger partial charge in [-0.25, -0.2) is 0 Å². The first-order chi connectivity index (χ1) is 8.49. The van der Waals surface area contributed by atoms with Crippen LogP contribution in [0.3, 0.4) is 0 Å². The second-order valence-corrected chi connectivity index (χ2v) is 4.33. The van der Waals surface area contributed by atoms with Crippen LogP contribution in [0.5, 0.6) is 5.75 Å². The summed E-state index contributed by atoms with van der Waals surface area (Å²) in [4.78, 5) is 12.0. The molecule has 1 heterocycles. The van der Waals surface area contributed by atoms with Gasteiger partial charge in [-0.3, -0.25) is 9.89 Å². The summed E-state index contributed by atoms with van der Waals surface area (Å²) < 4.78 is 0. The lowest BCUT2D eigenvalue weighted by Gasteiger charge is -2.07. The van der Waals surface area contributed by atoms with Gasteiger partial charge < -0.3 is 10.4 Å². The number of aromatic amines is 1. The molecule has 0 saturated heterocycles. The second-order valence-electron chi connectivity index (χ2n) is 3.93. The molecule has 0 saturated carbocycles. The Balaban J connectivity index is 2.30. The highest BCUT2D eigenvalue weighted by molar-refractivity contribution is 6.34. The van der Waals surface area contributed by atoms with Crippen molar-refractivity contribution in [2.45, 2.75) is 13.8 Å². The van der Waals surface area contributed by atoms with Gasteiger partial charge >= 0.3 is 0 Å². The monoisotopic (exact) mass is 265 g/mol. The molecule has 2 aromatic rings. The number of phenolic OH excluding ortho intramolecular Hbond substituents is 1. The maximum atomic E-state index is 12.0. The van der Waals surface area contributed by atoms with Crippen LogP contribution in [0.1, 0.15) is 21.7 Å². The minimum Gasteiger partial charge on any atom is -0.508 e. The number of phenols is 1. The normalized spacial score (nSPS) is 10.4. The van der Waals surface area contributed by atoms with Crippen molar-refractivity contribution in [2.24, 2.45) is 0 Å². The third-order valence-corrected chi connectivity index (χ3v) is 2.89. The molecule has 0 aliphatic carbocycles. The van der Waals surface area contributed by atoms with Crippen LogP contribution >= 0.6 is 11.6 Å². The molecular weight excluding hydrogens is 254 g/mol. The molecule has 0 aliphatic heterocycles. The van der Waals surface area contributed by atoms with E-state index in [1.165, 1.54) is 18.2 Å². The van der Waals surface area contributed by atoms with E-state index in [1.54, 1.807) is 13.8 Å². The zero-order valence-corrected chi connectivity index (χ0v) is 10.7. The number of hydrogen-bond donors (Lipinski definition) is 3. The van der Waals surface area contributed by atoms with Crippen molar-refractivity contribution in [1.29, 1.82) is 0 Å². The minimum atomic E-state index is -0.386. The fraction of sp³-hybridized carbons (Fsp3) is 0.167. The van der Waals surface area contributed by atoms with Gasteiger partial charge in [0.15, 0.2) is 0 Å². The maximum Gasteiger partial charge on any atom is 0.257 e. The van der Waals surface area contributed by atoms with Crippen molar-refractivity contribution in [2.75, 3.05) is 5.32 Å². The molecule has 2 rings (SSSR count). The van der Waals surface area contributed by atoms with E-state index < -0.39 is 0 Å². The quantitative estimate of drug-likeness (QED) is 0.781. The number of rotatable bonds is 2. The molecule has 3 N–H and O–H groups in total. The van der Waals surface area contributed by atoms with Crippen molar-refractivity contribution >= 4 is 23.2 Å². The Kier molecular flexibility index (Phi) is 3.25. The van der Waals surface area contributed by atoms with E-state index in [0.717, 1.165) is 5.69 Å². The average molecular weight is 266 g/mol. The van der Waals surface area contributed by atoms with Gasteiger partial charge in [0.25, 0.3) is 5.91 Å². The lowest BCUT2D eigenvalue weighted by Crippen LogP contribution is -2.13. The first-order valence-electron chi connectivity index (χ1n) is 5.30. The fourth-order valence-electron chi connectivity index (χ4n) is 1.60. The molecular formula is C12H12ClN3O2. The van der Waals surface area contributed by atoms with Gasteiger partial charge in [0.05, 0.1) is 27.7 Å². The summed E-state index contributed by atoms with van der Waals surface area (Å²) in [6.07, 6.45) is 0. The topological polar surface area (TPSA) is 78.0 Å². The van der Waals surface area contributed by atoms with Gasteiger partial charge in [0.1, 0.15) is 5.75 Å². The number of nitrogens with one attached hydrogen (secondary N) is 2. The van der Waals surface area contributed by atoms with Crippen LogP contribution in [0, 0.1) is 13.8 Å². The summed E-state index contributed by atoms with van der Waals surface area (Å²) in [5.74, 6) is -0.395. The number of aryl methyl sites for hydroxylation is 2. The molecule has 0 bridgehead atoms. The zero-order chi connectivity index (χ0) is 13.3. The molecule has 0 radical (unpaired) electrons. The highest BCUT2D eigenvalue weighted by Gasteiger charge is 2.15. The number of benzene rings is 1. The summed E-state index contributed by atoms with van der Waals surface area (Å²) in [7, 11) is 0. The van der Waals surface area contributed by atoms with Crippen LogP contribution in [0.2, 0.25) is 5.02 Å². The molecule has 94 valence electrons. The van der Waals surface area contributed by atoms with Crippen molar-refractivity contribution in [3.8, 4) is 5.75 Å². The first-order valence-corrected chi connectivity index (χ1v) is 5.68. The standard InChI is InChI=1S/C12H12ClN3O2/c1-6-11(7(2)16-15-6)14-12(18)9-5-8(17)3-4-10(9)13/h3-5,17H,1-2H3,(H,14,18)(H,15,16). The lowest BCUT2D eigenvalue weighted by atomic mass is 10.2. The van der Waals surface area contributed by atoms with Crippen LogP contribution in [0.4, 0.5) is 5.69 Å². The largest absolute Gasteiger partial charge is 0.508 e. The molecule has 1 aromatic heterocycles. The van der Waals surface area contributed by atoms with E-state index in [0.29, 0.717) is 11.4 Å². The predicted octanol–water partition coefficient (Wildman–Crippen LogP) is 2.64. The average Bonchev–Trinajstić information content (AvgIpc) is 2.64. The third-order valence-electron chi connectivity index (χ3n) is 2.56. The van der Waals surface area contributed by atoms with Crippen LogP contribution in [-0.2, 0) is 0 Å². The summed E-state index contributed by atoms with van der Waals surface area (Å²) in [6, 6.07) is 4.22. The van der Waals surface area contributed by atoms with Gasteiger partial charge in [0, 0.05) is 0 Å². The number of hydrogen-bond acceptors (Lipinski definition) is 3. The number of halogens is 1. The molecule has 0 unspecified atom stereocenters. The Morgan fingerprint density at radius 1 is 1.44 bits per heavy atom. The third kappa shape index (κ3) is 2.31. The van der Waals surface area contributed by atoms with Gasteiger partial charge in [0.2, 0.25) is 0 Å². The number of carbonyl (C=O) groups is 1. The highest BCUT2D eigenvalue weighted by atomic mass is 35.5. The molecule has 0 atom stereocenters. The second kappa shape index (κ2) is 4.70. The van der Waals surface area contributed by atoms with Crippen molar-refractivity contribution in [3.05, 3.63) is 40.2 Å². The van der Waals surface area contributed by atoms with E-state index >= 15 is 0 Å². The highest BCUT2D eigenvalue weighted by Crippen LogP contribution is 2.23. The van der Waals surface area contributed by atoms with Crippen molar-refractivity contribution in [3.63, 3.8) is 0 Å². The van der Waals surface area contributed by atoms with Gasteiger partial charge in [-0.1, -0.05) is 11.6 Å². The smallest absolute Gasteiger partial charge is 0.257 e. The van der Waals surface area contributed by atoms with Gasteiger partial charge in [-0.05, 0) is 32.0 Å². The Bertz CT molecular complexity index is 588.